The molecule has 2 rings (SSSR count). The van der Waals surface area contributed by atoms with Gasteiger partial charge in [-0.2, -0.15) is 4.72 Å². The molecule has 2 aromatic rings. The Kier molecular flexibility index (Phi) is 7.06. The normalized spacial score (nSPS) is 12.3. The summed E-state index contributed by atoms with van der Waals surface area (Å²) in [5.41, 5.74) is 0.718. The van der Waals surface area contributed by atoms with Gasteiger partial charge in [0, 0.05) is 11.1 Å². The zero-order valence-corrected chi connectivity index (χ0v) is 16.6. The van der Waals surface area contributed by atoms with E-state index in [0.29, 0.717) is 10.8 Å². The molecule has 146 valence electrons. The average Bonchev–Trinajstić information content (AvgIpc) is 2.67. The van der Waals surface area contributed by atoms with Crippen molar-refractivity contribution in [1.82, 2.24) is 4.72 Å². The highest BCUT2D eigenvalue weighted by Crippen LogP contribution is 2.28. The molecule has 0 radical (unpaired) electrons. The van der Waals surface area contributed by atoms with Crippen molar-refractivity contribution in [2.24, 2.45) is 0 Å². The standard InChI is InChI=1S/C18H20ClNO6S/c1-24-14-8-9-16(25-2)17(11-14)27(22,23)20-15(18(21)26-3)10-12-4-6-13(19)7-5-12/h4-9,11,15,20H,10H2,1-3H3. The van der Waals surface area contributed by atoms with Gasteiger partial charge in [0.05, 0.1) is 21.3 Å². The van der Waals surface area contributed by atoms with Crippen molar-refractivity contribution in [2.45, 2.75) is 17.4 Å². The minimum absolute atomic E-state index is 0.0926. The van der Waals surface area contributed by atoms with Crippen LogP contribution in [0, 0.1) is 0 Å². The van der Waals surface area contributed by atoms with E-state index in [1.807, 2.05) is 0 Å². The lowest BCUT2D eigenvalue weighted by molar-refractivity contribution is -0.142. The summed E-state index contributed by atoms with van der Waals surface area (Å²) in [5, 5.41) is 0.537. The first-order valence-electron chi connectivity index (χ1n) is 7.87. The summed E-state index contributed by atoms with van der Waals surface area (Å²) in [4.78, 5) is 12.0. The number of ether oxygens (including phenoxy) is 3. The molecule has 1 N–H and O–H groups in total. The molecule has 0 spiro atoms. The van der Waals surface area contributed by atoms with Crippen molar-refractivity contribution in [3.05, 3.63) is 53.1 Å². The van der Waals surface area contributed by atoms with Crippen molar-refractivity contribution >= 4 is 27.6 Å². The Balaban J connectivity index is 2.35. The van der Waals surface area contributed by atoms with E-state index in [4.69, 9.17) is 25.8 Å². The molecule has 1 unspecified atom stereocenters. The fraction of sp³-hybridized carbons (Fsp3) is 0.278. The second-order valence-corrected chi connectivity index (χ2v) is 7.66. The first kappa shape index (κ1) is 21.0. The minimum Gasteiger partial charge on any atom is -0.497 e. The fourth-order valence-electron chi connectivity index (χ4n) is 2.42. The van der Waals surface area contributed by atoms with Gasteiger partial charge < -0.3 is 14.2 Å². The van der Waals surface area contributed by atoms with Crippen LogP contribution in [0.1, 0.15) is 5.56 Å². The van der Waals surface area contributed by atoms with Gasteiger partial charge in [-0.3, -0.25) is 4.79 Å². The van der Waals surface area contributed by atoms with Crippen molar-refractivity contribution < 1.29 is 27.4 Å². The Labute approximate surface area is 163 Å². The third-order valence-electron chi connectivity index (χ3n) is 3.80. The van der Waals surface area contributed by atoms with Gasteiger partial charge in [0.2, 0.25) is 10.0 Å². The van der Waals surface area contributed by atoms with Gasteiger partial charge in [-0.15, -0.1) is 0 Å². The topological polar surface area (TPSA) is 90.9 Å². The molecule has 0 aliphatic rings. The molecule has 1 atom stereocenters. The Morgan fingerprint density at radius 3 is 2.30 bits per heavy atom. The lowest BCUT2D eigenvalue weighted by atomic mass is 10.1. The molecule has 27 heavy (non-hydrogen) atoms. The number of methoxy groups -OCH3 is 3. The quantitative estimate of drug-likeness (QED) is 0.668. The van der Waals surface area contributed by atoms with Crippen molar-refractivity contribution in [1.29, 1.82) is 0 Å². The van der Waals surface area contributed by atoms with Crippen LogP contribution in [0.2, 0.25) is 5.02 Å². The molecule has 7 nitrogen and oxygen atoms in total. The molecule has 0 bridgehead atoms. The Morgan fingerprint density at radius 1 is 1.07 bits per heavy atom. The molecule has 0 amide bonds. The van der Waals surface area contributed by atoms with Gasteiger partial charge in [-0.25, -0.2) is 8.42 Å². The fourth-order valence-corrected chi connectivity index (χ4v) is 3.91. The summed E-state index contributed by atoms with van der Waals surface area (Å²) in [6.45, 7) is 0. The molecule has 0 saturated carbocycles. The number of hydrogen-bond acceptors (Lipinski definition) is 6. The number of benzene rings is 2. The molecule has 2 aromatic carbocycles. The van der Waals surface area contributed by atoms with E-state index < -0.39 is 22.0 Å². The number of nitrogens with one attached hydrogen (secondary N) is 1. The third kappa shape index (κ3) is 5.35. The molecule has 0 aliphatic carbocycles. The minimum atomic E-state index is -4.10. The largest absolute Gasteiger partial charge is 0.497 e. The lowest BCUT2D eigenvalue weighted by Gasteiger charge is -2.18. The van der Waals surface area contributed by atoms with E-state index in [-0.39, 0.29) is 17.1 Å². The van der Waals surface area contributed by atoms with Gasteiger partial charge >= 0.3 is 5.97 Å². The van der Waals surface area contributed by atoms with E-state index in [9.17, 15) is 13.2 Å². The molecule has 0 fully saturated rings. The second kappa shape index (κ2) is 9.07. The van der Waals surface area contributed by atoms with Gasteiger partial charge in [0.1, 0.15) is 22.4 Å². The van der Waals surface area contributed by atoms with E-state index in [1.165, 1.54) is 33.5 Å². The summed E-state index contributed by atoms with van der Waals surface area (Å²) < 4.78 is 43.1. The average molecular weight is 414 g/mol. The highest BCUT2D eigenvalue weighted by atomic mass is 35.5. The number of carbonyl (C=O) groups excluding carboxylic acids is 1. The summed E-state index contributed by atoms with van der Waals surface area (Å²) >= 11 is 5.86. The van der Waals surface area contributed by atoms with Crippen LogP contribution in [-0.2, 0) is 26.0 Å². The third-order valence-corrected chi connectivity index (χ3v) is 5.54. The van der Waals surface area contributed by atoms with Crippen LogP contribution in [0.5, 0.6) is 11.5 Å². The van der Waals surface area contributed by atoms with Crippen LogP contribution in [0.25, 0.3) is 0 Å². The number of rotatable bonds is 8. The maximum atomic E-state index is 12.9. The highest BCUT2D eigenvalue weighted by molar-refractivity contribution is 7.89. The molecular formula is C18H20ClNO6S. The molecule has 0 heterocycles. The first-order chi connectivity index (χ1) is 12.8. The number of carbonyl (C=O) groups is 1. The van der Waals surface area contributed by atoms with Crippen LogP contribution >= 0.6 is 11.6 Å². The van der Waals surface area contributed by atoms with E-state index in [0.717, 1.165) is 5.56 Å². The molecule has 0 saturated heterocycles. The zero-order valence-electron chi connectivity index (χ0n) is 15.1. The maximum absolute atomic E-state index is 12.9. The van der Waals surface area contributed by atoms with Crippen LogP contribution in [0.4, 0.5) is 0 Å². The molecular weight excluding hydrogens is 394 g/mol. The number of esters is 1. The van der Waals surface area contributed by atoms with E-state index >= 15 is 0 Å². The van der Waals surface area contributed by atoms with Gasteiger partial charge in [-0.1, -0.05) is 23.7 Å². The predicted molar refractivity (Wildman–Crippen MR) is 101 cm³/mol. The van der Waals surface area contributed by atoms with E-state index in [1.54, 1.807) is 30.3 Å². The monoisotopic (exact) mass is 413 g/mol. The van der Waals surface area contributed by atoms with Crippen molar-refractivity contribution in [3.63, 3.8) is 0 Å². The van der Waals surface area contributed by atoms with Crippen LogP contribution in [0.15, 0.2) is 47.4 Å². The van der Waals surface area contributed by atoms with Crippen LogP contribution in [-0.4, -0.2) is 41.8 Å². The van der Waals surface area contributed by atoms with Gasteiger partial charge in [-0.05, 0) is 36.2 Å². The Morgan fingerprint density at radius 2 is 1.74 bits per heavy atom. The van der Waals surface area contributed by atoms with Crippen LogP contribution < -0.4 is 14.2 Å². The predicted octanol–water partition coefficient (Wildman–Crippen LogP) is 2.42. The maximum Gasteiger partial charge on any atom is 0.324 e. The van der Waals surface area contributed by atoms with Crippen LogP contribution in [0.3, 0.4) is 0 Å². The summed E-state index contributed by atoms with van der Waals surface area (Å²) in [6, 6.07) is 9.96. The zero-order chi connectivity index (χ0) is 20.0. The summed E-state index contributed by atoms with van der Waals surface area (Å²) in [5.74, 6) is -0.253. The lowest BCUT2D eigenvalue weighted by Crippen LogP contribution is -2.43. The second-order valence-electron chi connectivity index (χ2n) is 5.54. The Hall–Kier alpha value is -2.29. The highest BCUT2D eigenvalue weighted by Gasteiger charge is 2.29. The number of sulfonamides is 1. The first-order valence-corrected chi connectivity index (χ1v) is 9.73. The molecule has 0 aliphatic heterocycles. The molecule has 9 heteroatoms. The van der Waals surface area contributed by atoms with Crippen molar-refractivity contribution in [3.8, 4) is 11.5 Å². The molecule has 0 aromatic heterocycles. The summed E-state index contributed by atoms with van der Waals surface area (Å²) in [7, 11) is -0.134. The van der Waals surface area contributed by atoms with E-state index in [2.05, 4.69) is 4.72 Å². The number of hydrogen-bond donors (Lipinski definition) is 1. The SMILES string of the molecule is COC(=O)C(Cc1ccc(Cl)cc1)NS(=O)(=O)c1cc(OC)ccc1OC. The van der Waals surface area contributed by atoms with Crippen molar-refractivity contribution in [2.75, 3.05) is 21.3 Å². The Bertz CT molecular complexity index is 899. The summed E-state index contributed by atoms with van der Waals surface area (Å²) in [6.07, 6.45) is 0.0926. The van der Waals surface area contributed by atoms with Gasteiger partial charge in [0.15, 0.2) is 0 Å². The van der Waals surface area contributed by atoms with Gasteiger partial charge in [0.25, 0.3) is 0 Å². The number of halogens is 1. The smallest absolute Gasteiger partial charge is 0.324 e.